The molecule has 7 N–H and O–H groups in total. The van der Waals surface area contributed by atoms with Gasteiger partial charge in [0.05, 0.1) is 18.8 Å². The number of ether oxygens (including phenoxy) is 3. The van der Waals surface area contributed by atoms with Crippen molar-refractivity contribution in [3.05, 3.63) is 101 Å². The number of imide groups is 1. The number of benzene rings is 2. The number of carboxylic acids is 1. The van der Waals surface area contributed by atoms with E-state index in [1.54, 1.807) is 36.4 Å². The molecular weight excluding hydrogens is 1010 g/mol. The summed E-state index contributed by atoms with van der Waals surface area (Å²) < 4.78 is 19.0. The summed E-state index contributed by atoms with van der Waals surface area (Å²) in [6, 6.07) is 13.3. The zero-order valence-corrected chi connectivity index (χ0v) is 43.7. The van der Waals surface area contributed by atoms with Gasteiger partial charge in [-0.25, -0.2) is 4.79 Å². The highest BCUT2D eigenvalue weighted by Crippen LogP contribution is 2.70. The van der Waals surface area contributed by atoms with Crippen LogP contribution in [0.15, 0.2) is 84.5 Å². The van der Waals surface area contributed by atoms with Crippen molar-refractivity contribution < 1.29 is 72.7 Å². The van der Waals surface area contributed by atoms with E-state index in [2.05, 4.69) is 40.3 Å². The molecule has 0 bridgehead atoms. The van der Waals surface area contributed by atoms with Crippen LogP contribution in [0.3, 0.4) is 0 Å². The van der Waals surface area contributed by atoms with E-state index in [1.807, 2.05) is 25.1 Å². The van der Waals surface area contributed by atoms with E-state index in [0.29, 0.717) is 30.0 Å². The van der Waals surface area contributed by atoms with E-state index in [-0.39, 0.29) is 61.0 Å². The predicted octanol–water partition coefficient (Wildman–Crippen LogP) is 4.04. The summed E-state index contributed by atoms with van der Waals surface area (Å²) >= 11 is 0. The molecule has 10 rings (SSSR count). The Bertz CT molecular complexity index is 2850. The van der Waals surface area contributed by atoms with Gasteiger partial charge in [0.2, 0.25) is 17.7 Å². The minimum atomic E-state index is -1.42. The van der Waals surface area contributed by atoms with Crippen LogP contribution in [0.1, 0.15) is 107 Å². The molecule has 20 nitrogen and oxygen atoms in total. The van der Waals surface area contributed by atoms with Gasteiger partial charge in [-0.2, -0.15) is 0 Å². The average Bonchev–Trinajstić information content (AvgIpc) is 3.19. The van der Waals surface area contributed by atoms with Crippen molar-refractivity contribution in [2.45, 2.75) is 134 Å². The molecule has 0 unspecified atom stereocenters. The fourth-order valence-corrected chi connectivity index (χ4v) is 14.9. The second-order valence-electron chi connectivity index (χ2n) is 23.3. The van der Waals surface area contributed by atoms with Gasteiger partial charge in [0.25, 0.3) is 11.8 Å². The van der Waals surface area contributed by atoms with E-state index >= 15 is 0 Å². The van der Waals surface area contributed by atoms with Gasteiger partial charge in [0, 0.05) is 65.6 Å². The highest BCUT2D eigenvalue weighted by atomic mass is 16.7. The third-order valence-electron chi connectivity index (χ3n) is 18.5. The molecule has 8 aliphatic rings. The van der Waals surface area contributed by atoms with Crippen LogP contribution >= 0.6 is 0 Å². The number of amides is 6. The molecule has 6 fully saturated rings. The summed E-state index contributed by atoms with van der Waals surface area (Å²) in [6.07, 6.45) is 11.0. The number of hydrogen-bond acceptors (Lipinski definition) is 14. The summed E-state index contributed by atoms with van der Waals surface area (Å²) in [5.41, 5.74) is 1.53. The normalized spacial score (nSPS) is 33.3. The van der Waals surface area contributed by atoms with Gasteiger partial charge >= 0.3 is 12.1 Å². The van der Waals surface area contributed by atoms with E-state index in [4.69, 9.17) is 14.2 Å². The van der Waals surface area contributed by atoms with Crippen molar-refractivity contribution in [2.75, 3.05) is 25.0 Å². The van der Waals surface area contributed by atoms with Crippen LogP contribution in [-0.2, 0) is 65.6 Å². The number of fused-ring (bicyclic) bond motifs is 7. The Morgan fingerprint density at radius 2 is 1.58 bits per heavy atom. The molecule has 2 aromatic rings. The van der Waals surface area contributed by atoms with Crippen LogP contribution in [0.25, 0.3) is 0 Å². The summed E-state index contributed by atoms with van der Waals surface area (Å²) in [5.74, 6) is -4.32. The quantitative estimate of drug-likeness (QED) is 0.0978. The Balaban J connectivity index is 0.640. The molecule has 2 aromatic carbocycles. The molecule has 20 heteroatoms. The van der Waals surface area contributed by atoms with Crippen molar-refractivity contribution in [1.82, 2.24) is 20.9 Å². The number of carbonyl (C=O) groups excluding carboxylic acids is 8. The van der Waals surface area contributed by atoms with Gasteiger partial charge in [-0.3, -0.25) is 43.3 Å². The van der Waals surface area contributed by atoms with Gasteiger partial charge < -0.3 is 50.8 Å². The maximum absolute atomic E-state index is 14.0. The maximum Gasteiger partial charge on any atom is 0.407 e. The number of aliphatic carboxylic acids is 1. The first-order valence-electron chi connectivity index (χ1n) is 27.0. The van der Waals surface area contributed by atoms with Gasteiger partial charge in [-0.1, -0.05) is 61.9 Å². The van der Waals surface area contributed by atoms with Crippen LogP contribution in [0, 0.1) is 39.9 Å². The molecule has 2 heterocycles. The standard InChI is InChI=1S/C58H67N5O15/c1-55-19-17-39(65)22-36(55)9-12-40-41-23-45-58(44(67)30-64,56(41,2)28-43(66)51(40)55)78-53(77-45)35-7-3-32(4-8-35)21-34-24-57(25-34)26-38(27-57)61-54(75)76-31-33-5-10-37(11-6-33)60-52(74)42(13-16-50(72)73)62-47(69)29-59-46(68)18-20-63-48(70)14-15-49(63)71/h3-8,10-11,14-15,17,19,22,34,38,40-43,45,51,53,64,66H,9,12-13,16,18,20-21,23-31H2,1-2H3,(H,59,68)(H,60,74)(H,61,75)(H,62,69)(H,72,73)/t34?,38?,40-,41-,42-,43-,45+,51+,53+,55-,56-,57?,58+/m0/s1. The summed E-state index contributed by atoms with van der Waals surface area (Å²) in [6.45, 7) is 2.72. The van der Waals surface area contributed by atoms with Gasteiger partial charge in [-0.05, 0) is 123 Å². The first-order chi connectivity index (χ1) is 37.2. The number of rotatable bonds is 19. The third kappa shape index (κ3) is 10.3. The lowest BCUT2D eigenvalue weighted by molar-refractivity contribution is -0.201. The van der Waals surface area contributed by atoms with Crippen LogP contribution < -0.4 is 21.3 Å². The minimum absolute atomic E-state index is 0.00250. The largest absolute Gasteiger partial charge is 0.481 e. The number of aliphatic hydroxyl groups is 2. The molecule has 414 valence electrons. The number of anilines is 1. The van der Waals surface area contributed by atoms with Crippen molar-refractivity contribution in [1.29, 1.82) is 0 Å². The van der Waals surface area contributed by atoms with Crippen molar-refractivity contribution in [3.8, 4) is 0 Å². The number of Topliss-reactive ketones (excluding diaryl/α,β-unsaturated/α-hetero) is 1. The Hall–Kier alpha value is -6.87. The van der Waals surface area contributed by atoms with Gasteiger partial charge in [0.15, 0.2) is 23.5 Å². The van der Waals surface area contributed by atoms with Crippen LogP contribution in [-0.4, -0.2) is 123 Å². The number of aliphatic hydroxyl groups excluding tert-OH is 2. The highest BCUT2D eigenvalue weighted by Gasteiger charge is 2.76. The zero-order chi connectivity index (χ0) is 55.3. The molecule has 6 aliphatic carbocycles. The molecule has 1 spiro atoms. The van der Waals surface area contributed by atoms with Crippen molar-refractivity contribution in [2.24, 2.45) is 39.9 Å². The molecule has 5 saturated carbocycles. The second-order valence-corrected chi connectivity index (χ2v) is 23.3. The van der Waals surface area contributed by atoms with E-state index in [1.165, 1.54) is 5.56 Å². The Morgan fingerprint density at radius 1 is 0.872 bits per heavy atom. The lowest BCUT2D eigenvalue weighted by atomic mass is 9.46. The minimum Gasteiger partial charge on any atom is -0.481 e. The number of allylic oxidation sites excluding steroid dienone is 4. The first-order valence-corrected chi connectivity index (χ1v) is 27.0. The molecule has 6 amide bonds. The zero-order valence-electron chi connectivity index (χ0n) is 43.7. The Labute approximate surface area is 450 Å². The van der Waals surface area contributed by atoms with Crippen LogP contribution in [0.4, 0.5) is 10.5 Å². The Morgan fingerprint density at radius 3 is 2.27 bits per heavy atom. The SMILES string of the molecule is C[C@]12C=CC(=O)C=C1CC[C@@H]1[C@@H]2[C@@H](O)C[C@@]2(C)[C@H]1C[C@H]1O[C@@H](c3ccc(CC4CC5(C4)CC(NC(=O)OCc4ccc(NC(=O)[C@H](CCC(=O)O)NC(=O)CNC(=O)CCN6C(=O)C=CC6=O)cc4)C5)cc3)O[C@]12C(=O)CO. The fraction of sp³-hybridized carbons (Fsp3) is 0.534. The monoisotopic (exact) mass is 1070 g/mol. The topological polar surface area (TPSA) is 293 Å². The number of carbonyl (C=O) groups is 9. The first kappa shape index (κ1) is 54.5. The van der Waals surface area contributed by atoms with Gasteiger partial charge in [0.1, 0.15) is 19.3 Å². The number of nitrogens with zero attached hydrogens (tertiary/aromatic N) is 1. The maximum atomic E-state index is 14.0. The van der Waals surface area contributed by atoms with Gasteiger partial charge in [-0.15, -0.1) is 0 Å². The number of ketones is 2. The van der Waals surface area contributed by atoms with E-state index in [9.17, 15) is 58.5 Å². The van der Waals surface area contributed by atoms with E-state index in [0.717, 1.165) is 73.1 Å². The number of hydrogen-bond donors (Lipinski definition) is 7. The molecule has 0 aromatic heterocycles. The fourth-order valence-electron chi connectivity index (χ4n) is 14.9. The number of alkyl carbamates (subject to hydrolysis) is 1. The summed E-state index contributed by atoms with van der Waals surface area (Å²) in [7, 11) is 0. The van der Waals surface area contributed by atoms with Crippen LogP contribution in [0.5, 0.6) is 0 Å². The number of nitrogens with one attached hydrogen (secondary N) is 4. The average molecular weight is 1070 g/mol. The third-order valence-corrected chi connectivity index (χ3v) is 18.5. The lowest BCUT2D eigenvalue weighted by Crippen LogP contribution is -2.63. The predicted molar refractivity (Wildman–Crippen MR) is 276 cm³/mol. The van der Waals surface area contributed by atoms with Crippen molar-refractivity contribution >= 4 is 58.9 Å². The molecular formula is C58H67N5O15. The van der Waals surface area contributed by atoms with E-state index < -0.39 is 108 Å². The molecule has 0 radical (unpaired) electrons. The second kappa shape index (κ2) is 21.4. The Kier molecular flexibility index (Phi) is 15.0. The summed E-state index contributed by atoms with van der Waals surface area (Å²) in [5, 5.41) is 42.0. The summed E-state index contributed by atoms with van der Waals surface area (Å²) in [4.78, 5) is 113. The lowest BCUT2D eigenvalue weighted by Gasteiger charge is -2.59. The smallest absolute Gasteiger partial charge is 0.407 e. The highest BCUT2D eigenvalue weighted by molar-refractivity contribution is 6.13. The van der Waals surface area contributed by atoms with Crippen molar-refractivity contribution in [3.63, 3.8) is 0 Å². The molecule has 2 aliphatic heterocycles. The molecule has 1 saturated heterocycles. The molecule has 78 heavy (non-hydrogen) atoms. The molecule has 10 atom stereocenters. The van der Waals surface area contributed by atoms with Crippen LogP contribution in [0.2, 0.25) is 0 Å². The number of carboxylic acid groups (broad SMARTS) is 1.